The van der Waals surface area contributed by atoms with Gasteiger partial charge in [0.05, 0.1) is 6.04 Å². The zero-order chi connectivity index (χ0) is 15.5. The Balaban J connectivity index is 2.23. The summed E-state index contributed by atoms with van der Waals surface area (Å²) in [6, 6.07) is 1.67. The number of nitro groups is 1. The molecule has 2 rings (SSSR count). The van der Waals surface area contributed by atoms with E-state index in [2.05, 4.69) is 19.7 Å². The molecule has 0 aliphatic heterocycles. The van der Waals surface area contributed by atoms with Gasteiger partial charge in [0.1, 0.15) is 10.7 Å². The highest BCUT2D eigenvalue weighted by molar-refractivity contribution is 7.89. The summed E-state index contributed by atoms with van der Waals surface area (Å²) >= 11 is 0. The summed E-state index contributed by atoms with van der Waals surface area (Å²) in [6.45, 7) is 1.81. The van der Waals surface area contributed by atoms with Crippen LogP contribution in [0.5, 0.6) is 0 Å². The first-order valence-electron chi connectivity index (χ1n) is 6.06. The molecule has 10 heteroatoms. The fourth-order valence-corrected chi connectivity index (χ4v) is 2.92. The van der Waals surface area contributed by atoms with Crippen molar-refractivity contribution in [2.45, 2.75) is 24.3 Å². The number of aromatic nitrogens is 3. The number of nitrogens with one attached hydrogen (secondary N) is 2. The molecule has 0 fully saturated rings. The van der Waals surface area contributed by atoms with E-state index in [-0.39, 0.29) is 4.90 Å². The molecule has 112 valence electrons. The lowest BCUT2D eigenvalue weighted by molar-refractivity contribution is -0.389. The van der Waals surface area contributed by atoms with Crippen LogP contribution >= 0.6 is 0 Å². The molecule has 2 N–H and O–H groups in total. The minimum atomic E-state index is -3.84. The first-order valence-corrected chi connectivity index (χ1v) is 7.54. The average Bonchev–Trinajstić information content (AvgIpc) is 2.99. The van der Waals surface area contributed by atoms with Gasteiger partial charge < -0.3 is 15.1 Å². The SMILES string of the molecule is CCC(NS(=O)(=O)c1ccc([N+](=O)[O-])nc1)c1ncc[nH]1. The van der Waals surface area contributed by atoms with E-state index in [1.807, 2.05) is 6.92 Å². The highest BCUT2D eigenvalue weighted by atomic mass is 32.2. The maximum Gasteiger partial charge on any atom is 0.363 e. The minimum absolute atomic E-state index is 0.141. The minimum Gasteiger partial charge on any atom is -0.358 e. The van der Waals surface area contributed by atoms with Crippen LogP contribution in [0.25, 0.3) is 0 Å². The number of H-pyrrole nitrogens is 1. The second kappa shape index (κ2) is 5.97. The topological polar surface area (TPSA) is 131 Å². The van der Waals surface area contributed by atoms with Gasteiger partial charge in [-0.2, -0.15) is 0 Å². The Morgan fingerprint density at radius 3 is 2.67 bits per heavy atom. The summed E-state index contributed by atoms with van der Waals surface area (Å²) in [6.07, 6.45) is 4.57. The Hall–Kier alpha value is -2.33. The van der Waals surface area contributed by atoms with Crippen molar-refractivity contribution in [1.82, 2.24) is 19.7 Å². The Kier molecular flexibility index (Phi) is 4.29. The molecule has 1 unspecified atom stereocenters. The van der Waals surface area contributed by atoms with Crippen LogP contribution in [0.15, 0.2) is 35.6 Å². The van der Waals surface area contributed by atoms with Crippen molar-refractivity contribution >= 4 is 15.8 Å². The zero-order valence-corrected chi connectivity index (χ0v) is 11.9. The van der Waals surface area contributed by atoms with E-state index in [9.17, 15) is 18.5 Å². The lowest BCUT2D eigenvalue weighted by atomic mass is 10.2. The Labute approximate surface area is 120 Å². The smallest absolute Gasteiger partial charge is 0.358 e. The van der Waals surface area contributed by atoms with Crippen LogP contribution in [0.1, 0.15) is 25.2 Å². The van der Waals surface area contributed by atoms with Gasteiger partial charge in [-0.3, -0.25) is 0 Å². The quantitative estimate of drug-likeness (QED) is 0.607. The number of pyridine rings is 1. The molecule has 0 aliphatic carbocycles. The molecule has 21 heavy (non-hydrogen) atoms. The molecule has 0 aliphatic rings. The van der Waals surface area contributed by atoms with Gasteiger partial charge in [0.2, 0.25) is 10.0 Å². The van der Waals surface area contributed by atoms with Crippen molar-refractivity contribution in [1.29, 1.82) is 0 Å². The zero-order valence-electron chi connectivity index (χ0n) is 11.1. The predicted molar refractivity (Wildman–Crippen MR) is 72.8 cm³/mol. The van der Waals surface area contributed by atoms with Crippen molar-refractivity contribution in [3.05, 3.63) is 46.7 Å². The summed E-state index contributed by atoms with van der Waals surface area (Å²) in [7, 11) is -3.84. The van der Waals surface area contributed by atoms with Gasteiger partial charge in [0.25, 0.3) is 0 Å². The molecule has 0 amide bonds. The maximum absolute atomic E-state index is 12.2. The second-order valence-corrected chi connectivity index (χ2v) is 5.88. The number of hydrogen-bond acceptors (Lipinski definition) is 6. The molecule has 2 aromatic rings. The van der Waals surface area contributed by atoms with E-state index in [1.54, 1.807) is 6.20 Å². The first-order chi connectivity index (χ1) is 9.94. The van der Waals surface area contributed by atoms with Gasteiger partial charge in [-0.25, -0.2) is 18.1 Å². The number of hydrogen-bond donors (Lipinski definition) is 2. The lowest BCUT2D eigenvalue weighted by Gasteiger charge is -2.14. The van der Waals surface area contributed by atoms with Crippen LogP contribution in [0, 0.1) is 10.1 Å². The van der Waals surface area contributed by atoms with Gasteiger partial charge in [-0.15, -0.1) is 0 Å². The van der Waals surface area contributed by atoms with E-state index in [4.69, 9.17) is 0 Å². The molecule has 2 heterocycles. The number of nitrogens with zero attached hydrogens (tertiary/aromatic N) is 3. The predicted octanol–water partition coefficient (Wildman–Crippen LogP) is 1.14. The molecule has 0 saturated heterocycles. The summed E-state index contributed by atoms with van der Waals surface area (Å²) in [4.78, 5) is 20.0. The van der Waals surface area contributed by atoms with E-state index < -0.39 is 26.8 Å². The normalized spacial score (nSPS) is 13.0. The molecule has 0 radical (unpaired) electrons. The maximum atomic E-state index is 12.2. The van der Waals surface area contributed by atoms with Crippen LogP contribution < -0.4 is 4.72 Å². The molecule has 0 bridgehead atoms. The molecule has 0 saturated carbocycles. The number of aromatic amines is 1. The number of sulfonamides is 1. The Bertz CT molecular complexity index is 712. The van der Waals surface area contributed by atoms with Crippen molar-refractivity contribution in [2.24, 2.45) is 0 Å². The van der Waals surface area contributed by atoms with Crippen LogP contribution in [0.2, 0.25) is 0 Å². The Morgan fingerprint density at radius 1 is 1.43 bits per heavy atom. The fraction of sp³-hybridized carbons (Fsp3) is 0.273. The van der Waals surface area contributed by atoms with Crippen molar-refractivity contribution in [2.75, 3.05) is 0 Å². The molecule has 2 aromatic heterocycles. The standard InChI is InChI=1S/C11H13N5O4S/c1-2-9(11-12-5-6-13-11)15-21(19,20)8-3-4-10(14-7-8)16(17)18/h3-7,9,15H,2H2,1H3,(H,12,13). The summed E-state index contributed by atoms with van der Waals surface area (Å²) in [5.74, 6) is 0.0861. The van der Waals surface area contributed by atoms with Crippen LogP contribution in [-0.4, -0.2) is 28.3 Å². The lowest BCUT2D eigenvalue weighted by Crippen LogP contribution is -2.29. The van der Waals surface area contributed by atoms with Crippen LogP contribution in [0.4, 0.5) is 5.82 Å². The van der Waals surface area contributed by atoms with Crippen molar-refractivity contribution < 1.29 is 13.3 Å². The molecular formula is C11H13N5O4S. The van der Waals surface area contributed by atoms with E-state index in [1.165, 1.54) is 6.20 Å². The third kappa shape index (κ3) is 3.41. The molecule has 9 nitrogen and oxygen atoms in total. The van der Waals surface area contributed by atoms with E-state index in [0.29, 0.717) is 12.2 Å². The third-order valence-corrected chi connectivity index (χ3v) is 4.23. The Morgan fingerprint density at radius 2 is 2.19 bits per heavy atom. The monoisotopic (exact) mass is 311 g/mol. The van der Waals surface area contributed by atoms with Gasteiger partial charge in [0.15, 0.2) is 6.20 Å². The second-order valence-electron chi connectivity index (χ2n) is 4.17. The van der Waals surface area contributed by atoms with Crippen molar-refractivity contribution in [3.63, 3.8) is 0 Å². The van der Waals surface area contributed by atoms with Gasteiger partial charge >= 0.3 is 5.82 Å². The van der Waals surface area contributed by atoms with E-state index in [0.717, 1.165) is 18.3 Å². The number of imidazole rings is 1. The van der Waals surface area contributed by atoms with Gasteiger partial charge in [-0.05, 0) is 22.4 Å². The van der Waals surface area contributed by atoms with Crippen molar-refractivity contribution in [3.8, 4) is 0 Å². The fourth-order valence-electron chi connectivity index (χ4n) is 1.70. The van der Waals surface area contributed by atoms with Crippen LogP contribution in [0.3, 0.4) is 0 Å². The summed E-state index contributed by atoms with van der Waals surface area (Å²) < 4.78 is 26.9. The number of rotatable bonds is 6. The largest absolute Gasteiger partial charge is 0.363 e. The van der Waals surface area contributed by atoms with Gasteiger partial charge in [0, 0.05) is 18.5 Å². The molecule has 0 spiro atoms. The van der Waals surface area contributed by atoms with Gasteiger partial charge in [-0.1, -0.05) is 6.92 Å². The van der Waals surface area contributed by atoms with E-state index >= 15 is 0 Å². The van der Waals surface area contributed by atoms with Crippen LogP contribution in [-0.2, 0) is 10.0 Å². The summed E-state index contributed by atoms with van der Waals surface area (Å²) in [5, 5.41) is 10.5. The summed E-state index contributed by atoms with van der Waals surface area (Å²) in [5.41, 5.74) is 0. The highest BCUT2D eigenvalue weighted by Crippen LogP contribution is 2.18. The third-order valence-electron chi connectivity index (χ3n) is 2.77. The first kappa shape index (κ1) is 15.1. The molecule has 1 atom stereocenters. The highest BCUT2D eigenvalue weighted by Gasteiger charge is 2.23. The molecular weight excluding hydrogens is 298 g/mol. The average molecular weight is 311 g/mol. The molecule has 0 aromatic carbocycles.